The molecule has 1 unspecified atom stereocenters. The van der Waals surface area contributed by atoms with E-state index in [1.54, 1.807) is 0 Å². The molecular weight excluding hydrogens is 222 g/mol. The Bertz CT molecular complexity index is 229. The maximum absolute atomic E-state index is 10.4. The monoisotopic (exact) mass is 253 g/mol. The van der Waals surface area contributed by atoms with Crippen molar-refractivity contribution in [1.82, 2.24) is 4.90 Å². The highest BCUT2D eigenvalue weighted by Gasteiger charge is 2.26. The fourth-order valence-electron chi connectivity index (χ4n) is 3.80. The van der Waals surface area contributed by atoms with Crippen molar-refractivity contribution in [1.29, 1.82) is 0 Å². The van der Waals surface area contributed by atoms with E-state index in [0.717, 1.165) is 18.5 Å². The topological polar surface area (TPSA) is 23.5 Å². The minimum atomic E-state index is -0.0883. The molecule has 0 aliphatic heterocycles. The number of aliphatic hydroxyl groups excluding tert-OH is 1. The van der Waals surface area contributed by atoms with Crippen molar-refractivity contribution >= 4 is 0 Å². The lowest BCUT2D eigenvalue weighted by Crippen LogP contribution is -2.42. The standard InChI is InChI=1S/C16H31NO/c1-13-8-10-15(11-9-13)17(2)12-16(18)14-6-4-3-5-7-14/h13-16,18H,3-12H2,1-2H3. The molecular formula is C16H31NO. The van der Waals surface area contributed by atoms with Crippen molar-refractivity contribution in [2.24, 2.45) is 11.8 Å². The van der Waals surface area contributed by atoms with Gasteiger partial charge in [-0.1, -0.05) is 26.2 Å². The molecule has 0 bridgehead atoms. The molecule has 1 atom stereocenters. The van der Waals surface area contributed by atoms with Crippen LogP contribution in [0.1, 0.15) is 64.7 Å². The normalized spacial score (nSPS) is 32.7. The van der Waals surface area contributed by atoms with Crippen LogP contribution in [0.3, 0.4) is 0 Å². The van der Waals surface area contributed by atoms with Crippen molar-refractivity contribution in [3.8, 4) is 0 Å². The number of hydrogen-bond acceptors (Lipinski definition) is 2. The Kier molecular flexibility index (Phi) is 5.50. The third kappa shape index (κ3) is 3.96. The van der Waals surface area contributed by atoms with Gasteiger partial charge in [-0.15, -0.1) is 0 Å². The molecule has 1 N–H and O–H groups in total. The van der Waals surface area contributed by atoms with Crippen molar-refractivity contribution in [3.63, 3.8) is 0 Å². The van der Waals surface area contributed by atoms with Gasteiger partial charge < -0.3 is 10.0 Å². The van der Waals surface area contributed by atoms with Gasteiger partial charge >= 0.3 is 0 Å². The smallest absolute Gasteiger partial charge is 0.0695 e. The molecule has 2 fully saturated rings. The minimum Gasteiger partial charge on any atom is -0.392 e. The van der Waals surface area contributed by atoms with Crippen LogP contribution in [0.25, 0.3) is 0 Å². The second kappa shape index (κ2) is 6.91. The van der Waals surface area contributed by atoms with Gasteiger partial charge in [0, 0.05) is 12.6 Å². The molecule has 2 saturated carbocycles. The highest BCUT2D eigenvalue weighted by molar-refractivity contribution is 4.81. The van der Waals surface area contributed by atoms with Gasteiger partial charge in [-0.05, 0) is 57.4 Å². The van der Waals surface area contributed by atoms with Crippen LogP contribution in [0, 0.1) is 11.8 Å². The van der Waals surface area contributed by atoms with Gasteiger partial charge in [0.05, 0.1) is 6.10 Å². The molecule has 0 saturated heterocycles. The lowest BCUT2D eigenvalue weighted by molar-refractivity contribution is 0.0349. The zero-order chi connectivity index (χ0) is 13.0. The third-order valence-corrected chi connectivity index (χ3v) is 5.28. The molecule has 18 heavy (non-hydrogen) atoms. The molecule has 106 valence electrons. The van der Waals surface area contributed by atoms with Gasteiger partial charge in [-0.25, -0.2) is 0 Å². The van der Waals surface area contributed by atoms with E-state index in [0.29, 0.717) is 5.92 Å². The van der Waals surface area contributed by atoms with Crippen molar-refractivity contribution in [3.05, 3.63) is 0 Å². The van der Waals surface area contributed by atoms with Crippen LogP contribution in [-0.4, -0.2) is 35.7 Å². The maximum atomic E-state index is 10.4. The Hall–Kier alpha value is -0.0800. The first kappa shape index (κ1) is 14.3. The molecule has 0 aromatic rings. The van der Waals surface area contributed by atoms with E-state index in [2.05, 4.69) is 18.9 Å². The van der Waals surface area contributed by atoms with Gasteiger partial charge in [0.25, 0.3) is 0 Å². The summed E-state index contributed by atoms with van der Waals surface area (Å²) in [7, 11) is 2.21. The average molecular weight is 253 g/mol. The predicted octanol–water partition coefficient (Wildman–Crippen LogP) is 3.44. The van der Waals surface area contributed by atoms with Crippen LogP contribution in [0.5, 0.6) is 0 Å². The average Bonchev–Trinajstić information content (AvgIpc) is 2.40. The van der Waals surface area contributed by atoms with E-state index in [1.165, 1.54) is 57.8 Å². The third-order valence-electron chi connectivity index (χ3n) is 5.28. The number of rotatable bonds is 4. The number of aliphatic hydroxyl groups is 1. The van der Waals surface area contributed by atoms with Crippen molar-refractivity contribution in [2.45, 2.75) is 76.9 Å². The molecule has 2 nitrogen and oxygen atoms in total. The van der Waals surface area contributed by atoms with Gasteiger partial charge in [0.15, 0.2) is 0 Å². The molecule has 0 amide bonds. The van der Waals surface area contributed by atoms with Crippen LogP contribution < -0.4 is 0 Å². The van der Waals surface area contributed by atoms with E-state index in [9.17, 15) is 5.11 Å². The Morgan fingerprint density at radius 1 is 1.00 bits per heavy atom. The SMILES string of the molecule is CC1CCC(N(C)CC(O)C2CCCCC2)CC1. The van der Waals surface area contributed by atoms with Gasteiger partial charge in [0.1, 0.15) is 0 Å². The van der Waals surface area contributed by atoms with Crippen LogP contribution in [0.2, 0.25) is 0 Å². The zero-order valence-electron chi connectivity index (χ0n) is 12.3. The number of nitrogens with zero attached hydrogens (tertiary/aromatic N) is 1. The van der Waals surface area contributed by atoms with Crippen molar-refractivity contribution in [2.75, 3.05) is 13.6 Å². The highest BCUT2D eigenvalue weighted by Crippen LogP contribution is 2.29. The zero-order valence-corrected chi connectivity index (χ0v) is 12.3. The quantitative estimate of drug-likeness (QED) is 0.829. The summed E-state index contributed by atoms with van der Waals surface area (Å²) in [6, 6.07) is 0.722. The molecule has 0 heterocycles. The second-order valence-electron chi connectivity index (χ2n) is 6.82. The van der Waals surface area contributed by atoms with Crippen LogP contribution in [0.4, 0.5) is 0 Å². The molecule has 2 rings (SSSR count). The molecule has 0 aromatic carbocycles. The molecule has 2 aliphatic carbocycles. The second-order valence-corrected chi connectivity index (χ2v) is 6.82. The summed E-state index contributed by atoms with van der Waals surface area (Å²) in [5.74, 6) is 1.49. The fourth-order valence-corrected chi connectivity index (χ4v) is 3.80. The lowest BCUT2D eigenvalue weighted by atomic mass is 9.84. The Morgan fingerprint density at radius 3 is 2.22 bits per heavy atom. The summed E-state index contributed by atoms with van der Waals surface area (Å²) in [5.41, 5.74) is 0. The first-order chi connectivity index (χ1) is 8.66. The van der Waals surface area contributed by atoms with Gasteiger partial charge in [-0.2, -0.15) is 0 Å². The number of hydrogen-bond donors (Lipinski definition) is 1. The van der Waals surface area contributed by atoms with Crippen LogP contribution in [-0.2, 0) is 0 Å². The fraction of sp³-hybridized carbons (Fsp3) is 1.00. The summed E-state index contributed by atoms with van der Waals surface area (Å²) in [4.78, 5) is 2.44. The lowest BCUT2D eigenvalue weighted by Gasteiger charge is -2.36. The van der Waals surface area contributed by atoms with Crippen LogP contribution in [0.15, 0.2) is 0 Å². The van der Waals surface area contributed by atoms with E-state index >= 15 is 0 Å². The Balaban J connectivity index is 1.73. The summed E-state index contributed by atoms with van der Waals surface area (Å²) in [5, 5.41) is 10.4. The minimum absolute atomic E-state index is 0.0883. The van der Waals surface area contributed by atoms with Gasteiger partial charge in [-0.3, -0.25) is 0 Å². The summed E-state index contributed by atoms with van der Waals surface area (Å²) in [6.07, 6.45) is 11.8. The molecule has 2 aliphatic rings. The summed E-state index contributed by atoms with van der Waals surface area (Å²) in [6.45, 7) is 3.26. The maximum Gasteiger partial charge on any atom is 0.0695 e. The Labute approximate surface area is 113 Å². The first-order valence-corrected chi connectivity index (χ1v) is 8.05. The van der Waals surface area contributed by atoms with Crippen molar-refractivity contribution < 1.29 is 5.11 Å². The molecule has 2 heteroatoms. The molecule has 0 aromatic heterocycles. The Morgan fingerprint density at radius 2 is 1.61 bits per heavy atom. The number of likely N-dealkylation sites (N-methyl/N-ethyl adjacent to an activating group) is 1. The molecule has 0 spiro atoms. The van der Waals surface area contributed by atoms with E-state index in [4.69, 9.17) is 0 Å². The largest absolute Gasteiger partial charge is 0.392 e. The van der Waals surface area contributed by atoms with Gasteiger partial charge in [0.2, 0.25) is 0 Å². The van der Waals surface area contributed by atoms with E-state index < -0.39 is 0 Å². The van der Waals surface area contributed by atoms with E-state index in [-0.39, 0.29) is 6.10 Å². The summed E-state index contributed by atoms with van der Waals surface area (Å²) >= 11 is 0. The van der Waals surface area contributed by atoms with Crippen LogP contribution >= 0.6 is 0 Å². The van der Waals surface area contributed by atoms with E-state index in [1.807, 2.05) is 0 Å². The predicted molar refractivity (Wildman–Crippen MR) is 76.6 cm³/mol. The molecule has 0 radical (unpaired) electrons. The highest BCUT2D eigenvalue weighted by atomic mass is 16.3. The first-order valence-electron chi connectivity index (χ1n) is 8.05. The summed E-state index contributed by atoms with van der Waals surface area (Å²) < 4.78 is 0.